The number of hydrogen-bond acceptors (Lipinski definition) is 8. The van der Waals surface area contributed by atoms with E-state index in [-0.39, 0.29) is 24.0 Å². The summed E-state index contributed by atoms with van der Waals surface area (Å²) < 4.78 is 25.4. The van der Waals surface area contributed by atoms with Crippen LogP contribution in [0.25, 0.3) is 32.3 Å². The van der Waals surface area contributed by atoms with E-state index in [1.54, 1.807) is 20.3 Å². The van der Waals surface area contributed by atoms with Gasteiger partial charge in [-0.3, -0.25) is 14.2 Å². The molecule has 0 fully saturated rings. The first-order valence-electron chi connectivity index (χ1n) is 25.6. The van der Waals surface area contributed by atoms with Gasteiger partial charge in [0.2, 0.25) is 0 Å². The van der Waals surface area contributed by atoms with Gasteiger partial charge in [-0.1, -0.05) is 147 Å². The minimum absolute atomic E-state index is 0.0438. The summed E-state index contributed by atoms with van der Waals surface area (Å²) >= 11 is 12.4. The van der Waals surface area contributed by atoms with Crippen LogP contribution in [0.4, 0.5) is 26.7 Å². The highest BCUT2D eigenvalue weighted by Crippen LogP contribution is 2.48. The predicted octanol–water partition coefficient (Wildman–Crippen LogP) is 16.4. The molecule has 1 N–H and O–H groups in total. The quantitative estimate of drug-likeness (QED) is 0.124. The molecule has 0 bridgehead atoms. The highest BCUT2D eigenvalue weighted by atomic mass is 35.5. The number of amides is 2. The van der Waals surface area contributed by atoms with Crippen molar-refractivity contribution in [2.45, 2.75) is 97.6 Å². The maximum absolute atomic E-state index is 12.9. The maximum atomic E-state index is 12.9. The topological polar surface area (TPSA) is 101 Å². The van der Waals surface area contributed by atoms with Crippen molar-refractivity contribution in [3.8, 4) is 17.2 Å². The number of fused-ring (bicyclic) bond motifs is 9. The molecule has 0 radical (unpaired) electrons. The minimum Gasteiger partial charge on any atom is -0.507 e. The Kier molecular flexibility index (Phi) is 15.5. The van der Waals surface area contributed by atoms with Gasteiger partial charge in [0.25, 0.3) is 0 Å². The first-order chi connectivity index (χ1) is 35.9. The predicted molar refractivity (Wildman–Crippen MR) is 306 cm³/mol. The number of carbonyl (C=O) groups is 2. The Bertz CT molecular complexity index is 3360. The summed E-state index contributed by atoms with van der Waals surface area (Å²) in [6.07, 6.45) is -0.673. The van der Waals surface area contributed by atoms with Gasteiger partial charge >= 0.3 is 12.2 Å². The normalized spacial score (nSPS) is 16.6. The Morgan fingerprint density at radius 2 is 0.907 bits per heavy atom. The highest BCUT2D eigenvalue weighted by molar-refractivity contribution is 6.27. The van der Waals surface area contributed by atoms with E-state index >= 15 is 0 Å². The lowest BCUT2D eigenvalue weighted by atomic mass is 9.95. The van der Waals surface area contributed by atoms with Crippen LogP contribution in [0.1, 0.15) is 101 Å². The molecular weight excluding hydrogens is 982 g/mol. The molecule has 0 saturated heterocycles. The molecule has 75 heavy (non-hydrogen) atoms. The molecular formula is C63H65Cl2N3O7. The molecule has 11 rings (SSSR count). The number of rotatable bonds is 7. The van der Waals surface area contributed by atoms with Gasteiger partial charge in [0.15, 0.2) is 0 Å². The molecule has 2 amide bonds. The second-order valence-electron chi connectivity index (χ2n) is 21.5. The average molecular weight is 1050 g/mol. The van der Waals surface area contributed by atoms with Crippen LogP contribution in [0.3, 0.4) is 0 Å². The molecule has 0 unspecified atom stereocenters. The second-order valence-corrected chi connectivity index (χ2v) is 22.2. The summed E-state index contributed by atoms with van der Waals surface area (Å²) in [7, 11) is 0. The van der Waals surface area contributed by atoms with Crippen molar-refractivity contribution >= 4 is 84.9 Å². The molecule has 388 valence electrons. The Labute approximate surface area is 450 Å². The van der Waals surface area contributed by atoms with Crippen LogP contribution in [0, 0.1) is 0 Å². The fraction of sp³-hybridized carbons (Fsp3) is 0.302. The zero-order valence-electron chi connectivity index (χ0n) is 43.9. The van der Waals surface area contributed by atoms with E-state index in [1.807, 2.05) is 163 Å². The number of benzene rings is 8. The van der Waals surface area contributed by atoms with Crippen molar-refractivity contribution in [3.05, 3.63) is 179 Å². The van der Waals surface area contributed by atoms with Crippen LogP contribution < -0.4 is 23.7 Å². The third-order valence-electron chi connectivity index (χ3n) is 13.5. The van der Waals surface area contributed by atoms with Crippen molar-refractivity contribution in [1.82, 2.24) is 0 Å². The van der Waals surface area contributed by atoms with E-state index in [4.69, 9.17) is 42.3 Å². The molecule has 0 saturated carbocycles. The molecule has 3 aliphatic heterocycles. The van der Waals surface area contributed by atoms with Gasteiger partial charge in [-0.25, -0.2) is 9.59 Å². The third-order valence-corrected chi connectivity index (χ3v) is 14.2. The molecule has 3 aliphatic rings. The van der Waals surface area contributed by atoms with Crippen molar-refractivity contribution in [2.24, 2.45) is 0 Å². The number of anilines is 3. The molecule has 3 atom stereocenters. The number of hydrogen-bond donors (Lipinski definition) is 1. The van der Waals surface area contributed by atoms with Gasteiger partial charge < -0.3 is 24.1 Å². The zero-order chi connectivity index (χ0) is 53.2. The minimum atomic E-state index is -0.570. The van der Waals surface area contributed by atoms with Crippen molar-refractivity contribution in [3.63, 3.8) is 0 Å². The largest absolute Gasteiger partial charge is 0.507 e. The second kappa shape index (κ2) is 22.0. The summed E-state index contributed by atoms with van der Waals surface area (Å²) in [5.74, 6) is 2.93. The number of nitrogens with zero attached hydrogens (tertiary/aromatic N) is 3. The van der Waals surface area contributed by atoms with E-state index < -0.39 is 11.2 Å². The van der Waals surface area contributed by atoms with Crippen LogP contribution in [-0.4, -0.2) is 54.0 Å². The summed E-state index contributed by atoms with van der Waals surface area (Å²) in [6.45, 7) is 18.4. The summed E-state index contributed by atoms with van der Waals surface area (Å²) in [5.41, 5.74) is 7.22. The molecule has 12 heteroatoms. The lowest BCUT2D eigenvalue weighted by Crippen LogP contribution is -2.36. The summed E-state index contributed by atoms with van der Waals surface area (Å²) in [6, 6.07) is 50.1. The summed E-state index contributed by atoms with van der Waals surface area (Å²) in [4.78, 5) is 29.2. The van der Waals surface area contributed by atoms with E-state index in [2.05, 4.69) is 38.1 Å². The molecule has 0 spiro atoms. The molecule has 0 aromatic heterocycles. The number of phenols is 1. The van der Waals surface area contributed by atoms with Gasteiger partial charge in [0.1, 0.15) is 41.7 Å². The number of carbonyl (C=O) groups excluding carboxylic acids is 2. The van der Waals surface area contributed by atoms with Gasteiger partial charge in [-0.05, 0) is 85.5 Å². The maximum Gasteiger partial charge on any atom is 0.414 e. The lowest BCUT2D eigenvalue weighted by Gasteiger charge is -2.25. The molecule has 8 aromatic rings. The number of halogens is 2. The van der Waals surface area contributed by atoms with Gasteiger partial charge in [-0.2, -0.15) is 0 Å². The number of aromatic hydroxyl groups is 1. The van der Waals surface area contributed by atoms with E-state index in [0.29, 0.717) is 43.9 Å². The third kappa shape index (κ3) is 11.6. The van der Waals surface area contributed by atoms with E-state index in [1.165, 1.54) is 11.1 Å². The smallest absolute Gasteiger partial charge is 0.414 e. The van der Waals surface area contributed by atoms with E-state index in [0.717, 1.165) is 84.1 Å². The molecule has 10 nitrogen and oxygen atoms in total. The van der Waals surface area contributed by atoms with Crippen molar-refractivity contribution in [2.75, 3.05) is 39.7 Å². The van der Waals surface area contributed by atoms with Gasteiger partial charge in [-0.15, -0.1) is 11.6 Å². The van der Waals surface area contributed by atoms with Crippen molar-refractivity contribution in [1.29, 1.82) is 0 Å². The Morgan fingerprint density at radius 1 is 0.520 bits per heavy atom. The SMILES string of the molecule is CC(C)(C)OC(=O)N1C[C@@H](CCl)c2c1cc(OCc1ccccc1)c1ccccc21.C[C@@H]1CN(C(=O)OC(C)(C)C)c2cc(OCc3ccccc3)c3ccccc3c21.C[C@@H]1CN(Cl)c2cc(O)c3ccccc3c21. The molecule has 0 aliphatic carbocycles. The Morgan fingerprint density at radius 3 is 1.39 bits per heavy atom. The zero-order valence-corrected chi connectivity index (χ0v) is 45.4. The number of ether oxygens (including phenoxy) is 4. The van der Waals surface area contributed by atoms with Crippen LogP contribution in [-0.2, 0) is 22.7 Å². The fourth-order valence-electron chi connectivity index (χ4n) is 10.3. The Hall–Kier alpha value is -7.14. The molecule has 8 aromatic carbocycles. The highest BCUT2D eigenvalue weighted by Gasteiger charge is 2.38. The van der Waals surface area contributed by atoms with Gasteiger partial charge in [0, 0.05) is 89.4 Å². The van der Waals surface area contributed by atoms with Gasteiger partial charge in [0.05, 0.1) is 17.1 Å². The van der Waals surface area contributed by atoms with Crippen LogP contribution in [0.15, 0.2) is 152 Å². The number of alkyl halides is 1. The number of phenolic OH excluding ortho intramolecular Hbond substituents is 1. The van der Waals surface area contributed by atoms with Crippen LogP contribution >= 0.6 is 23.4 Å². The first-order valence-corrected chi connectivity index (χ1v) is 26.5. The first kappa shape index (κ1) is 52.7. The standard InChI is InChI=1S/C25H26ClNO3.C25H27NO3.C13H12ClNO/c1-25(2,3)30-24(28)27-15-18(14-26)23-20-12-8-7-11-19(20)22(13-21(23)27)29-16-17-9-5-4-6-10-17;1-17-15-26(24(27)29-25(2,3)4)21-14-22(28-16-18-10-6-5-7-11-18)19-12-8-9-13-20(19)23(17)21;1-8-7-15(14)11-6-12(16)9-4-2-3-5-10(9)13(8)11/h4-13,18H,14-16H2,1-3H3;5-14,17H,15-16H2,1-4H3;2-6,8,16H,7H2,1H3/t18-;17-;8-/m111/s1. The summed E-state index contributed by atoms with van der Waals surface area (Å²) in [5, 5.41) is 16.2. The fourth-order valence-corrected chi connectivity index (χ4v) is 10.9. The van der Waals surface area contributed by atoms with Crippen LogP contribution in [0.5, 0.6) is 17.2 Å². The monoisotopic (exact) mass is 1050 g/mol. The lowest BCUT2D eigenvalue weighted by molar-refractivity contribution is 0.0571. The van der Waals surface area contributed by atoms with Crippen LogP contribution in [0.2, 0.25) is 0 Å². The van der Waals surface area contributed by atoms with Crippen molar-refractivity contribution < 1.29 is 33.6 Å². The average Bonchev–Trinajstić information content (AvgIpc) is 4.06. The molecule has 3 heterocycles. The Balaban J connectivity index is 0.000000144. The van der Waals surface area contributed by atoms with E-state index in [9.17, 15) is 14.7 Å².